The number of thiocarbonyl (C=S) groups is 1. The summed E-state index contributed by atoms with van der Waals surface area (Å²) in [6, 6.07) is 12.3. The molecule has 0 radical (unpaired) electrons. The lowest BCUT2D eigenvalue weighted by Crippen LogP contribution is -2.49. The van der Waals surface area contributed by atoms with Gasteiger partial charge >= 0.3 is 0 Å². The lowest BCUT2D eigenvalue weighted by molar-refractivity contribution is 0.175. The van der Waals surface area contributed by atoms with E-state index in [1.54, 1.807) is 12.1 Å². The largest absolute Gasteiger partial charge is 0.346 e. The van der Waals surface area contributed by atoms with E-state index in [0.717, 1.165) is 31.9 Å². The summed E-state index contributed by atoms with van der Waals surface area (Å²) in [6.07, 6.45) is 0. The van der Waals surface area contributed by atoms with Crippen LogP contribution in [-0.2, 0) is 6.54 Å². The van der Waals surface area contributed by atoms with Crippen molar-refractivity contribution in [3.63, 3.8) is 0 Å². The zero-order valence-corrected chi connectivity index (χ0v) is 15.8. The van der Waals surface area contributed by atoms with Crippen LogP contribution in [0.25, 0.3) is 0 Å². The van der Waals surface area contributed by atoms with Crippen LogP contribution in [0.4, 0.5) is 10.1 Å². The van der Waals surface area contributed by atoms with Crippen LogP contribution in [0, 0.1) is 5.82 Å². The van der Waals surface area contributed by atoms with Crippen LogP contribution in [0.3, 0.4) is 0 Å². The fraction of sp³-hybridized carbons (Fsp3) is 0.278. The predicted molar refractivity (Wildman–Crippen MR) is 106 cm³/mol. The smallest absolute Gasteiger partial charge is 0.173 e. The van der Waals surface area contributed by atoms with Gasteiger partial charge in [-0.1, -0.05) is 35.3 Å². The summed E-state index contributed by atoms with van der Waals surface area (Å²) in [4.78, 5) is 4.29. The van der Waals surface area contributed by atoms with Crippen LogP contribution >= 0.6 is 35.4 Å². The first-order valence-corrected chi connectivity index (χ1v) is 9.16. The Balaban J connectivity index is 1.54. The van der Waals surface area contributed by atoms with E-state index < -0.39 is 0 Å². The quantitative estimate of drug-likeness (QED) is 0.759. The second-order valence-electron chi connectivity index (χ2n) is 5.90. The molecule has 0 aliphatic carbocycles. The Morgan fingerprint density at radius 3 is 2.48 bits per heavy atom. The molecule has 1 fully saturated rings. The van der Waals surface area contributed by atoms with Crippen molar-refractivity contribution in [3.8, 4) is 0 Å². The third-order valence-corrected chi connectivity index (χ3v) is 5.13. The topological polar surface area (TPSA) is 18.5 Å². The fourth-order valence-electron chi connectivity index (χ4n) is 2.78. The van der Waals surface area contributed by atoms with Crippen molar-refractivity contribution in [1.29, 1.82) is 0 Å². The highest BCUT2D eigenvalue weighted by Gasteiger charge is 2.20. The van der Waals surface area contributed by atoms with E-state index in [4.69, 9.17) is 35.4 Å². The molecule has 0 saturated carbocycles. The van der Waals surface area contributed by atoms with Gasteiger partial charge in [0.05, 0.1) is 0 Å². The second-order valence-corrected chi connectivity index (χ2v) is 7.13. The monoisotopic (exact) mass is 397 g/mol. The average molecular weight is 398 g/mol. The Morgan fingerprint density at radius 2 is 1.80 bits per heavy atom. The first-order valence-electron chi connectivity index (χ1n) is 7.99. The van der Waals surface area contributed by atoms with Gasteiger partial charge in [0.25, 0.3) is 0 Å². The molecule has 0 bridgehead atoms. The number of rotatable bonds is 3. The number of halogens is 3. The maximum atomic E-state index is 13.9. The minimum atomic E-state index is -0.256. The van der Waals surface area contributed by atoms with Gasteiger partial charge < -0.3 is 10.2 Å². The normalized spacial score (nSPS) is 15.2. The van der Waals surface area contributed by atoms with Crippen molar-refractivity contribution >= 4 is 46.2 Å². The molecule has 3 nitrogen and oxygen atoms in total. The van der Waals surface area contributed by atoms with Crippen molar-refractivity contribution in [2.24, 2.45) is 0 Å². The third-order valence-electron chi connectivity index (χ3n) is 4.18. The standard InChI is InChI=1S/C18H18Cl2FN3S/c19-13-3-1-4-14(11-13)22-18(25)24-9-7-23(8-10-24)12-15-16(20)5-2-6-17(15)21/h1-6,11H,7-10,12H2,(H,22,25). The van der Waals surface area contributed by atoms with Gasteiger partial charge in [-0.15, -0.1) is 0 Å². The van der Waals surface area contributed by atoms with Crippen LogP contribution in [0.2, 0.25) is 10.0 Å². The first-order chi connectivity index (χ1) is 12.0. The van der Waals surface area contributed by atoms with Gasteiger partial charge in [0.15, 0.2) is 5.11 Å². The van der Waals surface area contributed by atoms with E-state index in [1.165, 1.54) is 6.07 Å². The molecule has 2 aromatic carbocycles. The molecular formula is C18H18Cl2FN3S. The molecule has 1 N–H and O–H groups in total. The molecule has 1 saturated heterocycles. The number of nitrogens with one attached hydrogen (secondary N) is 1. The number of benzene rings is 2. The summed E-state index contributed by atoms with van der Waals surface area (Å²) in [5, 5.41) is 5.02. The van der Waals surface area contributed by atoms with Crippen LogP contribution in [-0.4, -0.2) is 41.1 Å². The maximum absolute atomic E-state index is 13.9. The maximum Gasteiger partial charge on any atom is 0.173 e. The number of piperazine rings is 1. The Hall–Kier alpha value is -1.40. The molecule has 2 aromatic rings. The summed E-state index contributed by atoms with van der Waals surface area (Å²) in [5.41, 5.74) is 1.43. The van der Waals surface area contributed by atoms with Crippen molar-refractivity contribution in [1.82, 2.24) is 9.80 Å². The van der Waals surface area contributed by atoms with Crippen LogP contribution in [0.5, 0.6) is 0 Å². The molecule has 0 unspecified atom stereocenters. The Labute approximate surface area is 162 Å². The molecular weight excluding hydrogens is 380 g/mol. The molecule has 1 aliphatic heterocycles. The Bertz CT molecular complexity index is 743. The lowest BCUT2D eigenvalue weighted by Gasteiger charge is -2.36. The van der Waals surface area contributed by atoms with E-state index in [-0.39, 0.29) is 5.82 Å². The van der Waals surface area contributed by atoms with Crippen LogP contribution < -0.4 is 5.32 Å². The molecule has 0 spiro atoms. The average Bonchev–Trinajstić information content (AvgIpc) is 2.59. The van der Waals surface area contributed by atoms with E-state index in [0.29, 0.717) is 27.3 Å². The Morgan fingerprint density at radius 1 is 1.08 bits per heavy atom. The van der Waals surface area contributed by atoms with Gasteiger partial charge in [-0.25, -0.2) is 4.39 Å². The molecule has 0 amide bonds. The molecule has 3 rings (SSSR count). The van der Waals surface area contributed by atoms with E-state index in [2.05, 4.69) is 15.1 Å². The minimum absolute atomic E-state index is 0.256. The molecule has 132 valence electrons. The second kappa shape index (κ2) is 8.32. The highest BCUT2D eigenvalue weighted by atomic mass is 35.5. The number of hydrogen-bond acceptors (Lipinski definition) is 2. The molecule has 7 heteroatoms. The van der Waals surface area contributed by atoms with Gasteiger partial charge in [-0.2, -0.15) is 0 Å². The molecule has 1 aliphatic rings. The van der Waals surface area contributed by atoms with Crippen molar-refractivity contribution in [2.45, 2.75) is 6.54 Å². The summed E-state index contributed by atoms with van der Waals surface area (Å²) < 4.78 is 13.9. The SMILES string of the molecule is Fc1cccc(Cl)c1CN1CCN(C(=S)Nc2cccc(Cl)c2)CC1. The van der Waals surface area contributed by atoms with Crippen molar-refractivity contribution in [3.05, 3.63) is 63.9 Å². The zero-order chi connectivity index (χ0) is 17.8. The van der Waals surface area contributed by atoms with Crippen LogP contribution in [0.15, 0.2) is 42.5 Å². The molecule has 25 heavy (non-hydrogen) atoms. The van der Waals surface area contributed by atoms with Gasteiger partial charge in [0, 0.05) is 54.0 Å². The van der Waals surface area contributed by atoms with E-state index in [1.807, 2.05) is 24.3 Å². The van der Waals surface area contributed by atoms with Crippen LogP contribution in [0.1, 0.15) is 5.56 Å². The number of nitrogens with zero attached hydrogens (tertiary/aromatic N) is 2. The van der Waals surface area contributed by atoms with E-state index >= 15 is 0 Å². The fourth-order valence-corrected chi connectivity index (χ4v) is 3.50. The third kappa shape index (κ3) is 4.82. The first kappa shape index (κ1) is 18.4. The summed E-state index contributed by atoms with van der Waals surface area (Å²) >= 11 is 17.6. The lowest BCUT2D eigenvalue weighted by atomic mass is 10.2. The summed E-state index contributed by atoms with van der Waals surface area (Å²) in [7, 11) is 0. The Kier molecular flexibility index (Phi) is 6.12. The molecule has 0 aromatic heterocycles. The van der Waals surface area contributed by atoms with E-state index in [9.17, 15) is 4.39 Å². The molecule has 0 atom stereocenters. The zero-order valence-electron chi connectivity index (χ0n) is 13.5. The van der Waals surface area contributed by atoms with Gasteiger partial charge in [-0.3, -0.25) is 4.90 Å². The predicted octanol–water partition coefficient (Wildman–Crippen LogP) is 4.65. The summed E-state index contributed by atoms with van der Waals surface area (Å²) in [6.45, 7) is 3.65. The van der Waals surface area contributed by atoms with Crippen molar-refractivity contribution in [2.75, 3.05) is 31.5 Å². The molecule has 1 heterocycles. The van der Waals surface area contributed by atoms with Gasteiger partial charge in [0.2, 0.25) is 0 Å². The highest BCUT2D eigenvalue weighted by molar-refractivity contribution is 7.80. The highest BCUT2D eigenvalue weighted by Crippen LogP contribution is 2.21. The van der Waals surface area contributed by atoms with Gasteiger partial charge in [-0.05, 0) is 42.5 Å². The number of anilines is 1. The van der Waals surface area contributed by atoms with Gasteiger partial charge in [0.1, 0.15) is 5.82 Å². The minimum Gasteiger partial charge on any atom is -0.346 e. The summed E-state index contributed by atoms with van der Waals surface area (Å²) in [5.74, 6) is -0.256. The number of hydrogen-bond donors (Lipinski definition) is 1. The van der Waals surface area contributed by atoms with Crippen molar-refractivity contribution < 1.29 is 4.39 Å².